The van der Waals surface area contributed by atoms with Crippen LogP contribution in [0.15, 0.2) is 41.6 Å². The van der Waals surface area contributed by atoms with Crippen molar-refractivity contribution in [2.24, 2.45) is 20.0 Å². The average Bonchev–Trinajstić information content (AvgIpc) is 3.76. The van der Waals surface area contributed by atoms with E-state index in [0.717, 1.165) is 31.2 Å². The Morgan fingerprint density at radius 1 is 1.17 bits per heavy atom. The highest BCUT2D eigenvalue weighted by Crippen LogP contribution is 2.40. The van der Waals surface area contributed by atoms with Gasteiger partial charge in [0.2, 0.25) is 11.9 Å². The number of halogens is 1. The Morgan fingerprint density at radius 2 is 1.97 bits per heavy atom. The number of nitrogens with one attached hydrogen (secondary N) is 2. The maximum Gasteiger partial charge on any atom is 0.274 e. The predicted molar refractivity (Wildman–Crippen MR) is 136 cm³/mol. The zero-order chi connectivity index (χ0) is 25.0. The first-order valence-electron chi connectivity index (χ1n) is 11.8. The Hall–Kier alpha value is -3.92. The summed E-state index contributed by atoms with van der Waals surface area (Å²) in [6, 6.07) is 5.21. The molecule has 0 aromatic carbocycles. The average molecular weight is 506 g/mol. The summed E-state index contributed by atoms with van der Waals surface area (Å²) >= 11 is 6.71. The summed E-state index contributed by atoms with van der Waals surface area (Å²) < 4.78 is 9.32. The largest absolute Gasteiger partial charge is 0.454 e. The molecule has 36 heavy (non-hydrogen) atoms. The zero-order valence-corrected chi connectivity index (χ0v) is 20.5. The van der Waals surface area contributed by atoms with Crippen LogP contribution in [0.3, 0.4) is 0 Å². The van der Waals surface area contributed by atoms with Gasteiger partial charge in [-0.1, -0.05) is 11.6 Å². The second kappa shape index (κ2) is 8.63. The summed E-state index contributed by atoms with van der Waals surface area (Å²) in [5.74, 6) is 2.18. The van der Waals surface area contributed by atoms with E-state index in [1.165, 1.54) is 6.20 Å². The molecule has 11 heteroatoms. The lowest BCUT2D eigenvalue weighted by molar-refractivity contribution is -0.117. The van der Waals surface area contributed by atoms with Crippen LogP contribution in [-0.2, 0) is 18.9 Å². The van der Waals surface area contributed by atoms with Crippen LogP contribution in [0.2, 0.25) is 5.02 Å². The van der Waals surface area contributed by atoms with Gasteiger partial charge in [0.1, 0.15) is 27.8 Å². The minimum absolute atomic E-state index is 0.0341. The molecule has 2 aliphatic carbocycles. The van der Waals surface area contributed by atoms with Gasteiger partial charge >= 0.3 is 0 Å². The first-order valence-corrected chi connectivity index (χ1v) is 12.2. The molecule has 4 aromatic rings. The van der Waals surface area contributed by atoms with Gasteiger partial charge in [-0.15, -0.1) is 0 Å². The summed E-state index contributed by atoms with van der Waals surface area (Å²) in [6.45, 7) is 0. The standard InChI is InChI=1S/C25H24ClN7O3/c1-32-12-15(13-3-4-13)9-17(24(32)35)29-25-31-22-21(33(25)2)20(26)18(11-28-22)36-16-7-8-27-19(10-16)30-23(34)14-5-6-14/h7-14H,3-6H2,1-2H3,(H,27,30,34)(H,28,29,31). The van der Waals surface area contributed by atoms with E-state index in [-0.39, 0.29) is 17.4 Å². The van der Waals surface area contributed by atoms with Crippen LogP contribution in [0, 0.1) is 5.92 Å². The minimum Gasteiger partial charge on any atom is -0.454 e. The van der Waals surface area contributed by atoms with Crippen LogP contribution in [0.4, 0.5) is 17.5 Å². The van der Waals surface area contributed by atoms with Crippen LogP contribution in [0.25, 0.3) is 11.2 Å². The van der Waals surface area contributed by atoms with Crippen LogP contribution >= 0.6 is 11.6 Å². The monoisotopic (exact) mass is 505 g/mol. The van der Waals surface area contributed by atoms with Gasteiger partial charge in [-0.2, -0.15) is 4.98 Å². The van der Waals surface area contributed by atoms with Crippen LogP contribution in [0.5, 0.6) is 11.5 Å². The number of pyridine rings is 3. The fourth-order valence-electron chi connectivity index (χ4n) is 4.13. The third-order valence-electron chi connectivity index (χ3n) is 6.46. The summed E-state index contributed by atoms with van der Waals surface area (Å²) in [5.41, 5.74) is 2.42. The number of anilines is 3. The number of aryl methyl sites for hydroxylation is 2. The molecule has 4 heterocycles. The molecule has 2 fully saturated rings. The van der Waals surface area contributed by atoms with E-state index < -0.39 is 0 Å². The number of imidazole rings is 1. The van der Waals surface area contributed by atoms with Gasteiger partial charge in [-0.3, -0.25) is 9.59 Å². The molecule has 6 rings (SSSR count). The molecule has 10 nitrogen and oxygen atoms in total. The number of hydrogen-bond donors (Lipinski definition) is 2. The molecule has 0 unspecified atom stereocenters. The Labute approximate surface area is 211 Å². The first kappa shape index (κ1) is 22.5. The molecular formula is C25H24ClN7O3. The molecule has 2 aliphatic rings. The molecule has 0 bridgehead atoms. The van der Waals surface area contributed by atoms with Crippen molar-refractivity contribution in [1.29, 1.82) is 0 Å². The van der Waals surface area contributed by atoms with E-state index in [4.69, 9.17) is 16.3 Å². The highest BCUT2D eigenvalue weighted by atomic mass is 35.5. The fourth-order valence-corrected chi connectivity index (χ4v) is 4.43. The number of aromatic nitrogens is 5. The van der Waals surface area contributed by atoms with Gasteiger partial charge in [0, 0.05) is 38.5 Å². The lowest BCUT2D eigenvalue weighted by Crippen LogP contribution is -2.20. The first-order chi connectivity index (χ1) is 17.4. The molecule has 0 atom stereocenters. The quantitative estimate of drug-likeness (QED) is 0.380. The topological polar surface area (TPSA) is 116 Å². The van der Waals surface area contributed by atoms with Crippen LogP contribution in [-0.4, -0.2) is 30.0 Å². The van der Waals surface area contributed by atoms with Crippen molar-refractivity contribution in [2.75, 3.05) is 10.6 Å². The Morgan fingerprint density at radius 3 is 2.72 bits per heavy atom. The van der Waals surface area contributed by atoms with Gasteiger partial charge in [0.05, 0.1) is 6.20 Å². The number of ether oxygens (including phenoxy) is 1. The SMILES string of the molecule is Cn1cc(C2CC2)cc(Nc2nc3ncc(Oc4ccnc(NC(=O)C5CC5)c4)c(Cl)c3n2C)c1=O. The molecule has 0 radical (unpaired) electrons. The van der Waals surface area contributed by atoms with Crippen LogP contribution < -0.4 is 20.9 Å². The summed E-state index contributed by atoms with van der Waals surface area (Å²) in [5, 5.41) is 6.29. The third kappa shape index (κ3) is 4.28. The van der Waals surface area contributed by atoms with Crippen molar-refractivity contribution in [2.45, 2.75) is 31.6 Å². The zero-order valence-electron chi connectivity index (χ0n) is 19.8. The van der Waals surface area contributed by atoms with Gasteiger partial charge < -0.3 is 24.5 Å². The minimum atomic E-state index is -0.142. The molecule has 184 valence electrons. The molecule has 0 saturated heterocycles. The number of rotatable bonds is 7. The molecule has 2 N–H and O–H groups in total. The Balaban J connectivity index is 1.28. The molecular weight excluding hydrogens is 482 g/mol. The van der Waals surface area contributed by atoms with E-state index in [2.05, 4.69) is 25.6 Å². The summed E-state index contributed by atoms with van der Waals surface area (Å²) in [4.78, 5) is 37.9. The van der Waals surface area contributed by atoms with Crippen molar-refractivity contribution < 1.29 is 9.53 Å². The predicted octanol–water partition coefficient (Wildman–Crippen LogP) is 4.48. The molecule has 4 aromatic heterocycles. The lowest BCUT2D eigenvalue weighted by Gasteiger charge is -2.11. The van der Waals surface area contributed by atoms with Crippen molar-refractivity contribution in [1.82, 2.24) is 24.1 Å². The molecule has 0 aliphatic heterocycles. The third-order valence-corrected chi connectivity index (χ3v) is 6.83. The van der Waals surface area contributed by atoms with E-state index in [1.807, 2.05) is 12.3 Å². The normalized spacial score (nSPS) is 15.2. The lowest BCUT2D eigenvalue weighted by atomic mass is 10.2. The highest BCUT2D eigenvalue weighted by molar-refractivity contribution is 6.36. The van der Waals surface area contributed by atoms with Gasteiger partial charge in [-0.05, 0) is 49.3 Å². The highest BCUT2D eigenvalue weighted by Gasteiger charge is 2.30. The molecule has 0 spiro atoms. The van der Waals surface area contributed by atoms with E-state index in [9.17, 15) is 9.59 Å². The number of carbonyl (C=O) groups is 1. The van der Waals surface area contributed by atoms with Crippen molar-refractivity contribution in [3.8, 4) is 11.5 Å². The summed E-state index contributed by atoms with van der Waals surface area (Å²) in [6.07, 6.45) is 9.04. The number of nitrogens with zero attached hydrogens (tertiary/aromatic N) is 5. The number of hydrogen-bond acceptors (Lipinski definition) is 7. The second-order valence-electron chi connectivity index (χ2n) is 9.35. The van der Waals surface area contributed by atoms with Gasteiger partial charge in [-0.25, -0.2) is 9.97 Å². The maximum absolute atomic E-state index is 12.7. The smallest absolute Gasteiger partial charge is 0.274 e. The van der Waals surface area contributed by atoms with Crippen molar-refractivity contribution in [3.05, 3.63) is 57.7 Å². The molecule has 2 saturated carbocycles. The summed E-state index contributed by atoms with van der Waals surface area (Å²) in [7, 11) is 3.54. The Kier molecular flexibility index (Phi) is 5.40. The fraction of sp³-hybridized carbons (Fsp3) is 0.320. The molecule has 1 amide bonds. The number of carbonyl (C=O) groups excluding carboxylic acids is 1. The van der Waals surface area contributed by atoms with Crippen molar-refractivity contribution in [3.63, 3.8) is 0 Å². The van der Waals surface area contributed by atoms with Gasteiger partial charge in [0.15, 0.2) is 11.4 Å². The Bertz CT molecular complexity index is 1570. The maximum atomic E-state index is 12.7. The van der Waals surface area contributed by atoms with Crippen LogP contribution in [0.1, 0.15) is 37.2 Å². The van der Waals surface area contributed by atoms with E-state index in [1.54, 1.807) is 41.6 Å². The number of amides is 1. The van der Waals surface area contributed by atoms with Gasteiger partial charge in [0.25, 0.3) is 5.56 Å². The van der Waals surface area contributed by atoms with Crippen molar-refractivity contribution >= 4 is 46.1 Å². The second-order valence-corrected chi connectivity index (χ2v) is 9.73. The van der Waals surface area contributed by atoms with E-state index in [0.29, 0.717) is 51.1 Å². The van der Waals surface area contributed by atoms with E-state index >= 15 is 0 Å². The number of fused-ring (bicyclic) bond motifs is 1.